The number of halogens is 1. The van der Waals surface area contributed by atoms with Crippen molar-refractivity contribution in [1.82, 2.24) is 14.8 Å². The van der Waals surface area contributed by atoms with Crippen molar-refractivity contribution < 1.29 is 8.42 Å². The van der Waals surface area contributed by atoms with Crippen molar-refractivity contribution in [3.8, 4) is 10.7 Å². The number of aromatic nitrogens is 3. The lowest BCUT2D eigenvalue weighted by molar-refractivity contribution is 0.593. The van der Waals surface area contributed by atoms with E-state index < -0.39 is 9.05 Å². The fourth-order valence-electron chi connectivity index (χ4n) is 1.54. The van der Waals surface area contributed by atoms with E-state index >= 15 is 0 Å². The van der Waals surface area contributed by atoms with Gasteiger partial charge in [0.05, 0.1) is 4.88 Å². The summed E-state index contributed by atoms with van der Waals surface area (Å²) in [5.74, 6) is 0.524. The van der Waals surface area contributed by atoms with E-state index in [1.165, 1.54) is 15.9 Å². The average molecular weight is 292 g/mol. The molecule has 0 amide bonds. The topological polar surface area (TPSA) is 64.8 Å². The molecule has 0 unspecified atom stereocenters. The van der Waals surface area contributed by atoms with Gasteiger partial charge in [-0.2, -0.15) is 0 Å². The van der Waals surface area contributed by atoms with E-state index in [9.17, 15) is 8.42 Å². The smallest absolute Gasteiger partial charge is 0.296 e. The van der Waals surface area contributed by atoms with Gasteiger partial charge in [-0.05, 0) is 23.4 Å². The van der Waals surface area contributed by atoms with E-state index in [1.54, 1.807) is 7.05 Å². The number of rotatable bonds is 3. The second kappa shape index (κ2) is 4.40. The third-order valence-electron chi connectivity index (χ3n) is 2.38. The summed E-state index contributed by atoms with van der Waals surface area (Å²) in [5.41, 5.74) is 1.11. The average Bonchev–Trinajstić information content (AvgIpc) is 2.81. The summed E-state index contributed by atoms with van der Waals surface area (Å²) < 4.78 is 23.9. The predicted octanol–water partition coefficient (Wildman–Crippen LogP) is 2.03. The normalized spacial score (nSPS) is 11.9. The molecule has 0 spiro atoms. The van der Waals surface area contributed by atoms with E-state index in [0.29, 0.717) is 5.82 Å². The minimum absolute atomic E-state index is 0.232. The molecule has 0 atom stereocenters. The molecule has 2 aromatic heterocycles. The van der Waals surface area contributed by atoms with E-state index in [0.717, 1.165) is 16.9 Å². The summed E-state index contributed by atoms with van der Waals surface area (Å²) in [5, 5.41) is 9.22. The first kappa shape index (κ1) is 12.5. The molecule has 0 N–H and O–H groups in total. The van der Waals surface area contributed by atoms with Crippen molar-refractivity contribution >= 4 is 31.1 Å². The van der Waals surface area contributed by atoms with E-state index in [1.807, 2.05) is 18.4 Å². The Morgan fingerprint density at radius 2 is 2.18 bits per heavy atom. The van der Waals surface area contributed by atoms with Gasteiger partial charge in [0.25, 0.3) is 14.2 Å². The van der Waals surface area contributed by atoms with Gasteiger partial charge in [-0.25, -0.2) is 8.42 Å². The van der Waals surface area contributed by atoms with Gasteiger partial charge in [0.1, 0.15) is 0 Å². The summed E-state index contributed by atoms with van der Waals surface area (Å²) in [6, 6.07) is 1.99. The second-order valence-electron chi connectivity index (χ2n) is 3.43. The highest BCUT2D eigenvalue weighted by Gasteiger charge is 2.22. The Kier molecular flexibility index (Phi) is 3.24. The molecule has 0 aromatic carbocycles. The van der Waals surface area contributed by atoms with Gasteiger partial charge in [0.15, 0.2) is 5.82 Å². The molecular formula is C9H10ClN3O2S2. The van der Waals surface area contributed by atoms with Gasteiger partial charge in [-0.1, -0.05) is 6.92 Å². The lowest BCUT2D eigenvalue weighted by atomic mass is 10.2. The molecule has 0 fully saturated rings. The van der Waals surface area contributed by atoms with Crippen LogP contribution in [0, 0.1) is 0 Å². The Morgan fingerprint density at radius 1 is 1.47 bits per heavy atom. The number of hydrogen-bond acceptors (Lipinski definition) is 5. The zero-order chi connectivity index (χ0) is 12.6. The fraction of sp³-hybridized carbons (Fsp3) is 0.333. The number of nitrogens with zero attached hydrogens (tertiary/aromatic N) is 3. The van der Waals surface area contributed by atoms with Crippen LogP contribution in [0.4, 0.5) is 0 Å². The Hall–Kier alpha value is -0.920. The summed E-state index contributed by atoms with van der Waals surface area (Å²) in [7, 11) is 2.99. The molecule has 92 valence electrons. The van der Waals surface area contributed by atoms with Gasteiger partial charge in [0, 0.05) is 17.7 Å². The highest BCUT2D eigenvalue weighted by molar-refractivity contribution is 8.13. The van der Waals surface area contributed by atoms with Gasteiger partial charge in [0.2, 0.25) is 0 Å². The Morgan fingerprint density at radius 3 is 2.71 bits per heavy atom. The quantitative estimate of drug-likeness (QED) is 0.812. The molecule has 0 aliphatic carbocycles. The first-order valence-corrected chi connectivity index (χ1v) is 8.04. The summed E-state index contributed by atoms with van der Waals surface area (Å²) in [4.78, 5) is 0.925. The predicted molar refractivity (Wildman–Crippen MR) is 66.7 cm³/mol. The fourth-order valence-corrected chi connectivity index (χ4v) is 3.51. The Labute approximate surface area is 107 Å². The standard InChI is InChI=1S/C9H10ClN3O2S2/c1-3-6-4-5-16-7(6)8-11-12-9(13(8)2)17(10,14)15/h4-5H,3H2,1-2H3. The van der Waals surface area contributed by atoms with Crippen molar-refractivity contribution in [2.45, 2.75) is 18.5 Å². The van der Waals surface area contributed by atoms with Crippen LogP contribution in [0.5, 0.6) is 0 Å². The molecule has 0 aliphatic heterocycles. The van der Waals surface area contributed by atoms with Crippen LogP contribution in [0.25, 0.3) is 10.7 Å². The van der Waals surface area contributed by atoms with Crippen LogP contribution in [-0.2, 0) is 22.5 Å². The SMILES string of the molecule is CCc1ccsc1-c1nnc(S(=O)(=O)Cl)n1C. The van der Waals surface area contributed by atoms with E-state index in [2.05, 4.69) is 10.2 Å². The van der Waals surface area contributed by atoms with Crippen LogP contribution in [0.2, 0.25) is 0 Å². The van der Waals surface area contributed by atoms with Gasteiger partial charge >= 0.3 is 0 Å². The lowest BCUT2D eigenvalue weighted by Crippen LogP contribution is -2.02. The minimum Gasteiger partial charge on any atom is -0.299 e. The van der Waals surface area contributed by atoms with Crippen LogP contribution >= 0.6 is 22.0 Å². The summed E-state index contributed by atoms with van der Waals surface area (Å²) in [6.45, 7) is 2.03. The molecule has 0 saturated carbocycles. The molecule has 5 nitrogen and oxygen atoms in total. The van der Waals surface area contributed by atoms with Crippen LogP contribution in [0.15, 0.2) is 16.6 Å². The van der Waals surface area contributed by atoms with Gasteiger partial charge in [-0.3, -0.25) is 4.57 Å². The molecule has 0 bridgehead atoms. The van der Waals surface area contributed by atoms with Crippen molar-refractivity contribution in [1.29, 1.82) is 0 Å². The molecule has 0 radical (unpaired) electrons. The maximum absolute atomic E-state index is 11.2. The molecule has 8 heteroatoms. The van der Waals surface area contributed by atoms with Crippen molar-refractivity contribution in [3.63, 3.8) is 0 Å². The van der Waals surface area contributed by atoms with Crippen LogP contribution in [0.3, 0.4) is 0 Å². The molecule has 0 saturated heterocycles. The number of hydrogen-bond donors (Lipinski definition) is 0. The molecule has 2 rings (SSSR count). The molecular weight excluding hydrogens is 282 g/mol. The Bertz CT molecular complexity index is 645. The lowest BCUT2D eigenvalue weighted by Gasteiger charge is -2.01. The third-order valence-corrected chi connectivity index (χ3v) is 4.54. The maximum Gasteiger partial charge on any atom is 0.296 e. The zero-order valence-corrected chi connectivity index (χ0v) is 11.6. The number of aryl methyl sites for hydroxylation is 1. The molecule has 0 aliphatic rings. The zero-order valence-electron chi connectivity index (χ0n) is 9.21. The highest BCUT2D eigenvalue weighted by Crippen LogP contribution is 2.29. The summed E-state index contributed by atoms with van der Waals surface area (Å²) in [6.07, 6.45) is 0.856. The van der Waals surface area contributed by atoms with Crippen molar-refractivity contribution in [2.75, 3.05) is 0 Å². The van der Waals surface area contributed by atoms with Gasteiger partial charge in [-0.15, -0.1) is 21.5 Å². The first-order chi connectivity index (χ1) is 7.95. The van der Waals surface area contributed by atoms with E-state index in [-0.39, 0.29) is 5.16 Å². The summed E-state index contributed by atoms with van der Waals surface area (Å²) >= 11 is 1.50. The number of thiophene rings is 1. The van der Waals surface area contributed by atoms with Crippen molar-refractivity contribution in [3.05, 3.63) is 17.0 Å². The molecule has 2 heterocycles. The maximum atomic E-state index is 11.2. The largest absolute Gasteiger partial charge is 0.299 e. The molecule has 17 heavy (non-hydrogen) atoms. The van der Waals surface area contributed by atoms with Crippen molar-refractivity contribution in [2.24, 2.45) is 7.05 Å². The van der Waals surface area contributed by atoms with Gasteiger partial charge < -0.3 is 0 Å². The first-order valence-electron chi connectivity index (χ1n) is 4.86. The third kappa shape index (κ3) is 2.22. The van der Waals surface area contributed by atoms with E-state index in [4.69, 9.17) is 10.7 Å². The minimum atomic E-state index is -3.86. The van der Waals surface area contributed by atoms with Crippen LogP contribution in [0.1, 0.15) is 12.5 Å². The molecule has 2 aromatic rings. The second-order valence-corrected chi connectivity index (χ2v) is 6.81. The monoisotopic (exact) mass is 291 g/mol. The van der Waals surface area contributed by atoms with Crippen LogP contribution in [-0.4, -0.2) is 23.2 Å². The highest BCUT2D eigenvalue weighted by atomic mass is 35.7. The van der Waals surface area contributed by atoms with Crippen LogP contribution < -0.4 is 0 Å². The Balaban J connectivity index is 2.60.